The molecule has 0 aromatic heterocycles. The van der Waals surface area contributed by atoms with E-state index in [0.717, 1.165) is 36.3 Å². The number of hydrogen-bond donors (Lipinski definition) is 2. The van der Waals surface area contributed by atoms with Gasteiger partial charge in [0.2, 0.25) is 0 Å². The second-order valence-electron chi connectivity index (χ2n) is 5.84. The number of β-amino-alcohol motifs (C(OH)–C–C–N with tert-alkyl or cyclic N) is 2. The first kappa shape index (κ1) is 15.3. The zero-order valence-corrected chi connectivity index (χ0v) is 12.4. The Balaban J connectivity index is 1.78. The molecule has 1 aliphatic heterocycles. The van der Waals surface area contributed by atoms with Gasteiger partial charge in [0.25, 0.3) is 0 Å². The molecule has 0 unspecified atom stereocenters. The van der Waals surface area contributed by atoms with Crippen molar-refractivity contribution in [3.8, 4) is 5.75 Å². The van der Waals surface area contributed by atoms with Crippen LogP contribution in [0.15, 0.2) is 18.2 Å². The van der Waals surface area contributed by atoms with Crippen LogP contribution in [0, 0.1) is 13.8 Å². The fourth-order valence-electron chi connectivity index (χ4n) is 2.76. The van der Waals surface area contributed by atoms with E-state index in [4.69, 9.17) is 4.74 Å². The van der Waals surface area contributed by atoms with Crippen LogP contribution in [0.2, 0.25) is 0 Å². The largest absolute Gasteiger partial charge is 0.491 e. The highest BCUT2D eigenvalue weighted by Crippen LogP contribution is 2.16. The summed E-state index contributed by atoms with van der Waals surface area (Å²) >= 11 is 0. The van der Waals surface area contributed by atoms with E-state index in [-0.39, 0.29) is 12.7 Å². The minimum atomic E-state index is -0.527. The number of aliphatic hydroxyl groups is 2. The molecule has 0 spiro atoms. The van der Waals surface area contributed by atoms with Gasteiger partial charge >= 0.3 is 0 Å². The molecule has 2 rings (SSSR count). The van der Waals surface area contributed by atoms with Crippen molar-refractivity contribution in [1.82, 2.24) is 4.90 Å². The molecular formula is C16H25NO3. The monoisotopic (exact) mass is 279 g/mol. The molecule has 112 valence electrons. The van der Waals surface area contributed by atoms with E-state index < -0.39 is 6.10 Å². The van der Waals surface area contributed by atoms with Crippen molar-refractivity contribution in [3.63, 3.8) is 0 Å². The molecule has 2 atom stereocenters. The van der Waals surface area contributed by atoms with Gasteiger partial charge in [-0.3, -0.25) is 4.90 Å². The van der Waals surface area contributed by atoms with Gasteiger partial charge < -0.3 is 14.9 Å². The highest BCUT2D eigenvalue weighted by molar-refractivity contribution is 5.32. The van der Waals surface area contributed by atoms with E-state index in [0.29, 0.717) is 13.1 Å². The zero-order valence-electron chi connectivity index (χ0n) is 12.4. The second kappa shape index (κ2) is 7.07. The molecule has 1 aromatic rings. The molecule has 0 aliphatic carbocycles. The SMILES string of the molecule is Cc1cc(C)cc(OC[C@H](O)CN2CCC[C@H](O)C2)c1. The number of hydrogen-bond acceptors (Lipinski definition) is 4. The standard InChI is InChI=1S/C16H25NO3/c1-12-6-13(2)8-16(7-12)20-11-15(19)10-17-5-3-4-14(18)9-17/h6-8,14-15,18-19H,3-5,9-11H2,1-2H3/t14-,15+/m0/s1. The summed E-state index contributed by atoms with van der Waals surface area (Å²) in [6.07, 6.45) is 1.08. The molecule has 1 saturated heterocycles. The summed E-state index contributed by atoms with van der Waals surface area (Å²) in [6, 6.07) is 6.05. The van der Waals surface area contributed by atoms with E-state index in [2.05, 4.69) is 11.0 Å². The normalized spacial score (nSPS) is 21.7. The van der Waals surface area contributed by atoms with Crippen LogP contribution >= 0.6 is 0 Å². The Morgan fingerprint density at radius 2 is 2.00 bits per heavy atom. The molecule has 0 amide bonds. The van der Waals surface area contributed by atoms with Crippen LogP contribution in [0.3, 0.4) is 0 Å². The predicted octanol–water partition coefficient (Wildman–Crippen LogP) is 1.50. The van der Waals surface area contributed by atoms with Gasteiger partial charge in [-0.15, -0.1) is 0 Å². The lowest BCUT2D eigenvalue weighted by Gasteiger charge is -2.31. The number of benzene rings is 1. The van der Waals surface area contributed by atoms with Crippen molar-refractivity contribution < 1.29 is 14.9 Å². The molecule has 4 nitrogen and oxygen atoms in total. The number of aliphatic hydroxyl groups excluding tert-OH is 2. The smallest absolute Gasteiger partial charge is 0.119 e. The maximum atomic E-state index is 10.0. The number of likely N-dealkylation sites (tertiary alicyclic amines) is 1. The van der Waals surface area contributed by atoms with Crippen molar-refractivity contribution in [2.75, 3.05) is 26.2 Å². The lowest BCUT2D eigenvalue weighted by atomic mass is 10.1. The van der Waals surface area contributed by atoms with Crippen LogP contribution in [-0.2, 0) is 0 Å². The molecule has 0 saturated carbocycles. The third kappa shape index (κ3) is 4.78. The number of piperidine rings is 1. The summed E-state index contributed by atoms with van der Waals surface area (Å²) in [4.78, 5) is 2.10. The van der Waals surface area contributed by atoms with E-state index in [1.165, 1.54) is 0 Å². The summed E-state index contributed by atoms with van der Waals surface area (Å²) in [7, 11) is 0. The molecule has 0 radical (unpaired) electrons. The highest BCUT2D eigenvalue weighted by Gasteiger charge is 2.20. The summed E-state index contributed by atoms with van der Waals surface area (Å²) in [5.41, 5.74) is 2.32. The Hall–Kier alpha value is -1.10. The third-order valence-corrected chi connectivity index (χ3v) is 3.59. The van der Waals surface area contributed by atoms with Crippen molar-refractivity contribution in [1.29, 1.82) is 0 Å². The van der Waals surface area contributed by atoms with Crippen molar-refractivity contribution in [2.45, 2.75) is 38.9 Å². The lowest BCUT2D eigenvalue weighted by Crippen LogP contribution is -2.43. The van der Waals surface area contributed by atoms with E-state index in [1.807, 2.05) is 26.0 Å². The van der Waals surface area contributed by atoms with Crippen LogP contribution in [0.5, 0.6) is 5.75 Å². The van der Waals surface area contributed by atoms with Gasteiger partial charge in [-0.05, 0) is 56.5 Å². The first-order valence-electron chi connectivity index (χ1n) is 7.32. The number of ether oxygens (including phenoxy) is 1. The fourth-order valence-corrected chi connectivity index (χ4v) is 2.76. The van der Waals surface area contributed by atoms with Gasteiger partial charge in [0, 0.05) is 13.1 Å². The fraction of sp³-hybridized carbons (Fsp3) is 0.625. The number of aryl methyl sites for hydroxylation is 2. The molecular weight excluding hydrogens is 254 g/mol. The Morgan fingerprint density at radius 1 is 1.30 bits per heavy atom. The highest BCUT2D eigenvalue weighted by atomic mass is 16.5. The van der Waals surface area contributed by atoms with Crippen molar-refractivity contribution in [2.24, 2.45) is 0 Å². The van der Waals surface area contributed by atoms with E-state index in [1.54, 1.807) is 0 Å². The topological polar surface area (TPSA) is 52.9 Å². The Bertz CT molecular complexity index is 415. The Morgan fingerprint density at radius 3 is 2.65 bits per heavy atom. The average Bonchev–Trinajstić information content (AvgIpc) is 2.35. The summed E-state index contributed by atoms with van der Waals surface area (Å²) < 4.78 is 5.66. The van der Waals surface area contributed by atoms with E-state index >= 15 is 0 Å². The predicted molar refractivity (Wildman–Crippen MR) is 79.1 cm³/mol. The first-order valence-corrected chi connectivity index (χ1v) is 7.32. The van der Waals surface area contributed by atoms with Crippen molar-refractivity contribution >= 4 is 0 Å². The van der Waals surface area contributed by atoms with E-state index in [9.17, 15) is 10.2 Å². The molecule has 20 heavy (non-hydrogen) atoms. The summed E-state index contributed by atoms with van der Waals surface area (Å²) in [5.74, 6) is 0.806. The average molecular weight is 279 g/mol. The minimum absolute atomic E-state index is 0.253. The minimum Gasteiger partial charge on any atom is -0.491 e. The maximum absolute atomic E-state index is 10.0. The van der Waals surface area contributed by atoms with Gasteiger partial charge in [-0.25, -0.2) is 0 Å². The van der Waals surface area contributed by atoms with Gasteiger partial charge in [0.1, 0.15) is 18.5 Å². The molecule has 2 N–H and O–H groups in total. The summed E-state index contributed by atoms with van der Waals surface area (Å²) in [5, 5.41) is 19.6. The zero-order chi connectivity index (χ0) is 14.5. The molecule has 1 heterocycles. The van der Waals surface area contributed by atoms with Gasteiger partial charge in [0.15, 0.2) is 0 Å². The molecule has 4 heteroatoms. The Kier molecular flexibility index (Phi) is 5.40. The van der Waals surface area contributed by atoms with Crippen LogP contribution in [-0.4, -0.2) is 53.6 Å². The number of rotatable bonds is 5. The second-order valence-corrected chi connectivity index (χ2v) is 5.84. The Labute approximate surface area is 121 Å². The number of nitrogens with zero attached hydrogens (tertiary/aromatic N) is 1. The van der Waals surface area contributed by atoms with Crippen LogP contribution in [0.1, 0.15) is 24.0 Å². The van der Waals surface area contributed by atoms with Gasteiger partial charge in [-0.1, -0.05) is 6.07 Å². The van der Waals surface area contributed by atoms with Crippen LogP contribution in [0.25, 0.3) is 0 Å². The molecule has 1 aromatic carbocycles. The van der Waals surface area contributed by atoms with Gasteiger partial charge in [-0.2, -0.15) is 0 Å². The molecule has 1 aliphatic rings. The maximum Gasteiger partial charge on any atom is 0.119 e. The molecule has 1 fully saturated rings. The lowest BCUT2D eigenvalue weighted by molar-refractivity contribution is 0.0243. The van der Waals surface area contributed by atoms with Crippen molar-refractivity contribution in [3.05, 3.63) is 29.3 Å². The van der Waals surface area contributed by atoms with Gasteiger partial charge in [0.05, 0.1) is 6.10 Å². The van der Waals surface area contributed by atoms with Crippen LogP contribution < -0.4 is 4.74 Å². The third-order valence-electron chi connectivity index (χ3n) is 3.59. The summed E-state index contributed by atoms with van der Waals surface area (Å²) in [6.45, 7) is 6.51. The first-order chi connectivity index (χ1) is 9.52. The quantitative estimate of drug-likeness (QED) is 0.857. The molecule has 0 bridgehead atoms. The van der Waals surface area contributed by atoms with Crippen LogP contribution in [0.4, 0.5) is 0 Å².